The summed E-state index contributed by atoms with van der Waals surface area (Å²) in [7, 11) is 0. The smallest absolute Gasteiger partial charge is 0.340 e. The normalized spacial score (nSPS) is 15.2. The highest BCUT2D eigenvalue weighted by Gasteiger charge is 2.18. The van der Waals surface area contributed by atoms with E-state index in [1.807, 2.05) is 18.2 Å². The first kappa shape index (κ1) is 17.6. The van der Waals surface area contributed by atoms with Crippen LogP contribution in [0.4, 0.5) is 11.4 Å². The summed E-state index contributed by atoms with van der Waals surface area (Å²) in [6.45, 7) is 4.81. The minimum Gasteiger partial charge on any atom is -0.461 e. The quantitative estimate of drug-likeness (QED) is 0.657. The lowest BCUT2D eigenvalue weighted by Crippen LogP contribution is -2.47. The lowest BCUT2D eigenvalue weighted by molar-refractivity contribution is 0.0460. The maximum absolute atomic E-state index is 12.0. The van der Waals surface area contributed by atoms with Crippen molar-refractivity contribution in [1.82, 2.24) is 4.90 Å². The molecule has 0 atom stereocenters. The highest BCUT2D eigenvalue weighted by Crippen LogP contribution is 2.20. The summed E-state index contributed by atoms with van der Waals surface area (Å²) in [6.07, 6.45) is 0. The van der Waals surface area contributed by atoms with Crippen LogP contribution in [0, 0.1) is 0 Å². The number of nitrogens with zero attached hydrogens (tertiary/aromatic N) is 2. The molecule has 2 aromatic rings. The van der Waals surface area contributed by atoms with Crippen molar-refractivity contribution in [2.24, 2.45) is 0 Å². The van der Waals surface area contributed by atoms with Gasteiger partial charge in [-0.2, -0.15) is 0 Å². The molecule has 1 aliphatic heterocycles. The summed E-state index contributed by atoms with van der Waals surface area (Å²) < 4.78 is 5.35. The fourth-order valence-electron chi connectivity index (χ4n) is 2.93. The summed E-state index contributed by atoms with van der Waals surface area (Å²) >= 11 is 6.06. The first-order chi connectivity index (χ1) is 12.1. The van der Waals surface area contributed by atoms with Crippen LogP contribution in [-0.4, -0.2) is 50.2 Å². The summed E-state index contributed by atoms with van der Waals surface area (Å²) in [4.78, 5) is 16.6. The molecule has 0 amide bonds. The van der Waals surface area contributed by atoms with Gasteiger partial charge in [-0.3, -0.25) is 4.90 Å². The van der Waals surface area contributed by atoms with Crippen molar-refractivity contribution in [3.8, 4) is 0 Å². The van der Waals surface area contributed by atoms with Crippen LogP contribution in [0.5, 0.6) is 0 Å². The van der Waals surface area contributed by atoms with Crippen molar-refractivity contribution < 1.29 is 9.53 Å². The molecule has 0 spiro atoms. The van der Waals surface area contributed by atoms with Crippen LogP contribution in [0.25, 0.3) is 0 Å². The third kappa shape index (κ3) is 4.65. The number of nitrogens with two attached hydrogens (primary N) is 1. The van der Waals surface area contributed by atoms with E-state index in [0.717, 1.165) is 43.4 Å². The number of carbonyl (C=O) groups excluding carboxylic acids is 1. The fraction of sp³-hybridized carbons (Fsp3) is 0.316. The SMILES string of the molecule is Nc1ccccc1C(=O)OCCN1CCN(c2cccc(Cl)c2)CC1. The Balaban J connectivity index is 1.42. The van der Waals surface area contributed by atoms with Gasteiger partial charge >= 0.3 is 5.97 Å². The van der Waals surface area contributed by atoms with Crippen molar-refractivity contribution in [1.29, 1.82) is 0 Å². The van der Waals surface area contributed by atoms with Crippen LogP contribution in [0.2, 0.25) is 5.02 Å². The molecule has 3 rings (SSSR count). The zero-order valence-electron chi connectivity index (χ0n) is 14.0. The lowest BCUT2D eigenvalue weighted by Gasteiger charge is -2.36. The number of ether oxygens (including phenoxy) is 1. The van der Waals surface area contributed by atoms with E-state index in [0.29, 0.717) is 17.9 Å². The molecule has 1 aliphatic rings. The first-order valence-electron chi connectivity index (χ1n) is 8.38. The van der Waals surface area contributed by atoms with Crippen LogP contribution in [-0.2, 0) is 4.74 Å². The van der Waals surface area contributed by atoms with E-state index in [1.54, 1.807) is 24.3 Å². The molecule has 2 aromatic carbocycles. The summed E-state index contributed by atoms with van der Waals surface area (Å²) in [5.74, 6) is -0.365. The third-order valence-corrected chi connectivity index (χ3v) is 4.60. The standard InChI is InChI=1S/C19H22ClN3O2/c20-15-4-3-5-16(14-15)23-10-8-22(9-11-23)12-13-25-19(24)17-6-1-2-7-18(17)21/h1-7,14H,8-13,21H2. The van der Waals surface area contributed by atoms with Gasteiger partial charge in [-0.05, 0) is 30.3 Å². The Morgan fingerprint density at radius 2 is 1.84 bits per heavy atom. The molecule has 25 heavy (non-hydrogen) atoms. The van der Waals surface area contributed by atoms with E-state index in [1.165, 1.54) is 0 Å². The van der Waals surface area contributed by atoms with E-state index < -0.39 is 0 Å². The Morgan fingerprint density at radius 3 is 2.56 bits per heavy atom. The van der Waals surface area contributed by atoms with Gasteiger partial charge in [0.25, 0.3) is 0 Å². The number of esters is 1. The molecule has 1 saturated heterocycles. The number of anilines is 2. The van der Waals surface area contributed by atoms with Gasteiger partial charge in [0, 0.05) is 49.1 Å². The van der Waals surface area contributed by atoms with E-state index in [-0.39, 0.29) is 5.97 Å². The maximum Gasteiger partial charge on any atom is 0.340 e. The second kappa shape index (κ2) is 8.23. The van der Waals surface area contributed by atoms with Gasteiger partial charge in [-0.15, -0.1) is 0 Å². The van der Waals surface area contributed by atoms with Gasteiger partial charge < -0.3 is 15.4 Å². The average Bonchev–Trinajstić information content (AvgIpc) is 2.62. The Kier molecular flexibility index (Phi) is 5.79. The number of benzene rings is 2. The first-order valence-corrected chi connectivity index (χ1v) is 8.76. The van der Waals surface area contributed by atoms with Crippen molar-refractivity contribution in [3.05, 3.63) is 59.1 Å². The second-order valence-electron chi connectivity index (χ2n) is 6.03. The summed E-state index contributed by atoms with van der Waals surface area (Å²) in [6, 6.07) is 14.9. The zero-order chi connectivity index (χ0) is 17.6. The van der Waals surface area contributed by atoms with Crippen LogP contribution >= 0.6 is 11.6 Å². The van der Waals surface area contributed by atoms with E-state index >= 15 is 0 Å². The number of piperazine rings is 1. The molecule has 0 aromatic heterocycles. The Morgan fingerprint density at radius 1 is 1.08 bits per heavy atom. The molecule has 0 radical (unpaired) electrons. The number of nitrogen functional groups attached to an aromatic ring is 1. The number of hydrogen-bond donors (Lipinski definition) is 1. The number of carbonyl (C=O) groups is 1. The molecular weight excluding hydrogens is 338 g/mol. The van der Waals surface area contributed by atoms with Gasteiger partial charge in [0.1, 0.15) is 6.61 Å². The van der Waals surface area contributed by atoms with Crippen molar-refractivity contribution in [2.75, 3.05) is 50.0 Å². The van der Waals surface area contributed by atoms with Crippen LogP contribution < -0.4 is 10.6 Å². The predicted molar refractivity (Wildman–Crippen MR) is 101 cm³/mol. The van der Waals surface area contributed by atoms with Gasteiger partial charge in [-0.25, -0.2) is 4.79 Å². The lowest BCUT2D eigenvalue weighted by atomic mass is 10.2. The van der Waals surface area contributed by atoms with Gasteiger partial charge in [0.05, 0.1) is 5.56 Å². The minimum absolute atomic E-state index is 0.365. The predicted octanol–water partition coefficient (Wildman–Crippen LogP) is 2.90. The topological polar surface area (TPSA) is 58.8 Å². The molecule has 0 unspecified atom stereocenters. The Bertz CT molecular complexity index is 730. The van der Waals surface area contributed by atoms with Crippen LogP contribution in [0.3, 0.4) is 0 Å². The second-order valence-corrected chi connectivity index (χ2v) is 6.47. The Labute approximate surface area is 152 Å². The van der Waals surface area contributed by atoms with Gasteiger partial charge in [0.15, 0.2) is 0 Å². The molecule has 2 N–H and O–H groups in total. The largest absolute Gasteiger partial charge is 0.461 e. The molecular formula is C19H22ClN3O2. The molecule has 0 bridgehead atoms. The monoisotopic (exact) mass is 359 g/mol. The van der Waals surface area contributed by atoms with E-state index in [9.17, 15) is 4.79 Å². The number of para-hydroxylation sites is 1. The number of hydrogen-bond acceptors (Lipinski definition) is 5. The van der Waals surface area contributed by atoms with Crippen molar-refractivity contribution in [3.63, 3.8) is 0 Å². The fourth-order valence-corrected chi connectivity index (χ4v) is 3.12. The third-order valence-electron chi connectivity index (χ3n) is 4.37. The van der Waals surface area contributed by atoms with Crippen LogP contribution in [0.1, 0.15) is 10.4 Å². The minimum atomic E-state index is -0.365. The van der Waals surface area contributed by atoms with Gasteiger partial charge in [0.2, 0.25) is 0 Å². The molecule has 5 nitrogen and oxygen atoms in total. The number of rotatable bonds is 5. The molecule has 132 valence electrons. The molecule has 1 heterocycles. The molecule has 1 fully saturated rings. The molecule has 0 saturated carbocycles. The highest BCUT2D eigenvalue weighted by atomic mass is 35.5. The molecule has 0 aliphatic carbocycles. The van der Waals surface area contributed by atoms with Crippen LogP contribution in [0.15, 0.2) is 48.5 Å². The number of halogens is 1. The van der Waals surface area contributed by atoms with E-state index in [4.69, 9.17) is 22.1 Å². The molecule has 6 heteroatoms. The Hall–Kier alpha value is -2.24. The van der Waals surface area contributed by atoms with Crippen molar-refractivity contribution in [2.45, 2.75) is 0 Å². The average molecular weight is 360 g/mol. The summed E-state index contributed by atoms with van der Waals surface area (Å²) in [5.41, 5.74) is 7.81. The van der Waals surface area contributed by atoms with E-state index in [2.05, 4.69) is 15.9 Å². The highest BCUT2D eigenvalue weighted by molar-refractivity contribution is 6.30. The van der Waals surface area contributed by atoms with Gasteiger partial charge in [-0.1, -0.05) is 29.8 Å². The maximum atomic E-state index is 12.0. The zero-order valence-corrected chi connectivity index (χ0v) is 14.8. The summed E-state index contributed by atoms with van der Waals surface area (Å²) in [5, 5.41) is 0.757. The van der Waals surface area contributed by atoms with Crippen molar-refractivity contribution >= 4 is 28.9 Å².